The number of urea groups is 2. The van der Waals surface area contributed by atoms with Gasteiger partial charge in [0.2, 0.25) is 10.0 Å². The first kappa shape index (κ1) is 19.7. The molecule has 0 aromatic heterocycles. The van der Waals surface area contributed by atoms with Crippen LogP contribution in [0.25, 0.3) is 0 Å². The van der Waals surface area contributed by atoms with E-state index in [4.69, 9.17) is 11.6 Å². The van der Waals surface area contributed by atoms with Crippen LogP contribution in [0.15, 0.2) is 42.5 Å². The Hall–Kier alpha value is -2.58. The minimum atomic E-state index is -3.97. The average molecular weight is 396 g/mol. The number of hydrogen-bond acceptors (Lipinski definition) is 4. The molecule has 0 atom stereocenters. The van der Waals surface area contributed by atoms with Crippen LogP contribution in [0, 0.1) is 13.8 Å². The van der Waals surface area contributed by atoms with Crippen LogP contribution >= 0.6 is 11.6 Å². The Bertz CT molecular complexity index is 943. The first-order valence-corrected chi connectivity index (χ1v) is 9.76. The van der Waals surface area contributed by atoms with E-state index in [9.17, 15) is 18.0 Å². The lowest BCUT2D eigenvalue weighted by atomic mass is 10.1. The Morgan fingerprint density at radius 3 is 2.23 bits per heavy atom. The number of nitrogens with one attached hydrogen (secondary N) is 2. The van der Waals surface area contributed by atoms with Crippen molar-refractivity contribution in [2.45, 2.75) is 13.8 Å². The molecule has 7 nitrogen and oxygen atoms in total. The van der Waals surface area contributed by atoms with Crippen molar-refractivity contribution in [3.05, 3.63) is 58.6 Å². The lowest BCUT2D eigenvalue weighted by Crippen LogP contribution is -2.47. The van der Waals surface area contributed by atoms with E-state index in [1.165, 1.54) is 24.3 Å². The fraction of sp³-hybridized carbons (Fsp3) is 0.176. The van der Waals surface area contributed by atoms with Gasteiger partial charge in [0.1, 0.15) is 0 Å². The van der Waals surface area contributed by atoms with E-state index in [0.717, 1.165) is 17.4 Å². The highest BCUT2D eigenvalue weighted by Crippen LogP contribution is 2.21. The van der Waals surface area contributed by atoms with Crippen LogP contribution in [0.2, 0.25) is 5.02 Å². The minimum absolute atomic E-state index is 0.0638. The van der Waals surface area contributed by atoms with Gasteiger partial charge in [-0.2, -0.15) is 4.31 Å². The summed E-state index contributed by atoms with van der Waals surface area (Å²) in [4.78, 5) is 24.5. The molecule has 0 heterocycles. The first-order valence-electron chi connectivity index (χ1n) is 7.53. The molecule has 0 aliphatic heterocycles. The standard InChI is InChI=1S/C17H18ClN3O4S/c1-11-5-4-6-15(12(11)2)19-16(22)20-17(23)21(26(3,24)25)14-9-7-13(18)8-10-14/h4-10H,1-3H3,(H2,19,20,22,23). The highest BCUT2D eigenvalue weighted by Gasteiger charge is 2.27. The van der Waals surface area contributed by atoms with Gasteiger partial charge >= 0.3 is 12.1 Å². The zero-order valence-corrected chi connectivity index (χ0v) is 16.0. The van der Waals surface area contributed by atoms with Crippen LogP contribution < -0.4 is 14.9 Å². The molecule has 0 fully saturated rings. The maximum absolute atomic E-state index is 12.4. The molecule has 26 heavy (non-hydrogen) atoms. The summed E-state index contributed by atoms with van der Waals surface area (Å²) < 4.78 is 24.5. The summed E-state index contributed by atoms with van der Waals surface area (Å²) in [6.45, 7) is 3.71. The number of halogens is 1. The predicted octanol–water partition coefficient (Wildman–Crippen LogP) is 3.66. The molecule has 2 N–H and O–H groups in total. The zero-order chi connectivity index (χ0) is 19.5. The lowest BCUT2D eigenvalue weighted by Gasteiger charge is -2.20. The Labute approximate surface area is 157 Å². The smallest absolute Gasteiger partial charge is 0.307 e. The molecule has 138 valence electrons. The summed E-state index contributed by atoms with van der Waals surface area (Å²) in [5, 5.41) is 4.94. The number of hydrogen-bond donors (Lipinski definition) is 2. The van der Waals surface area contributed by atoms with Crippen LogP contribution in [-0.4, -0.2) is 26.7 Å². The van der Waals surface area contributed by atoms with Gasteiger partial charge in [0, 0.05) is 10.7 Å². The number of nitrogens with zero attached hydrogens (tertiary/aromatic N) is 1. The molecule has 4 amide bonds. The Balaban J connectivity index is 2.20. The van der Waals surface area contributed by atoms with Crippen LogP contribution in [0.4, 0.5) is 21.0 Å². The summed E-state index contributed by atoms with van der Waals surface area (Å²) in [5.74, 6) is 0. The second-order valence-electron chi connectivity index (χ2n) is 5.64. The number of aryl methyl sites for hydroxylation is 1. The van der Waals surface area contributed by atoms with Gasteiger partial charge < -0.3 is 5.32 Å². The normalized spacial score (nSPS) is 10.9. The molecule has 0 aliphatic rings. The molecule has 9 heteroatoms. The van der Waals surface area contributed by atoms with Gasteiger partial charge in [-0.25, -0.2) is 18.0 Å². The minimum Gasteiger partial charge on any atom is -0.307 e. The van der Waals surface area contributed by atoms with E-state index in [2.05, 4.69) is 5.32 Å². The van der Waals surface area contributed by atoms with E-state index in [1.807, 2.05) is 25.2 Å². The van der Waals surface area contributed by atoms with Gasteiger partial charge in [0.15, 0.2) is 0 Å². The van der Waals surface area contributed by atoms with Crippen molar-refractivity contribution in [2.75, 3.05) is 15.9 Å². The topological polar surface area (TPSA) is 95.6 Å². The second kappa shape index (κ2) is 7.76. The largest absolute Gasteiger partial charge is 0.343 e. The van der Waals surface area contributed by atoms with E-state index in [0.29, 0.717) is 15.0 Å². The van der Waals surface area contributed by atoms with Crippen molar-refractivity contribution < 1.29 is 18.0 Å². The summed E-state index contributed by atoms with van der Waals surface area (Å²) >= 11 is 5.78. The SMILES string of the molecule is Cc1cccc(NC(=O)NC(=O)N(c2ccc(Cl)cc2)S(C)(=O)=O)c1C. The third-order valence-electron chi connectivity index (χ3n) is 3.65. The third kappa shape index (κ3) is 4.74. The molecule has 2 aromatic carbocycles. The van der Waals surface area contributed by atoms with Gasteiger partial charge in [-0.3, -0.25) is 5.32 Å². The maximum atomic E-state index is 12.4. The summed E-state index contributed by atoms with van der Waals surface area (Å²) in [6.07, 6.45) is 0.865. The van der Waals surface area contributed by atoms with Crippen molar-refractivity contribution in [2.24, 2.45) is 0 Å². The van der Waals surface area contributed by atoms with Gasteiger partial charge in [-0.1, -0.05) is 23.7 Å². The Kier molecular flexibility index (Phi) is 5.89. The van der Waals surface area contributed by atoms with Crippen molar-refractivity contribution in [1.82, 2.24) is 5.32 Å². The maximum Gasteiger partial charge on any atom is 0.343 e. The molecule has 0 bridgehead atoms. The molecule has 0 radical (unpaired) electrons. The van der Waals surface area contributed by atoms with Crippen LogP contribution in [0.1, 0.15) is 11.1 Å². The van der Waals surface area contributed by atoms with Gasteiger partial charge in [-0.15, -0.1) is 0 Å². The molecule has 0 spiro atoms. The number of benzene rings is 2. The molecule has 0 saturated carbocycles. The number of carbonyl (C=O) groups excluding carboxylic acids is 2. The summed E-state index contributed by atoms with van der Waals surface area (Å²) in [5.41, 5.74) is 2.39. The molecule has 0 saturated heterocycles. The number of amides is 4. The second-order valence-corrected chi connectivity index (χ2v) is 7.90. The lowest BCUT2D eigenvalue weighted by molar-refractivity contribution is 0.238. The van der Waals surface area contributed by atoms with Crippen LogP contribution in [0.3, 0.4) is 0 Å². The summed E-state index contributed by atoms with van der Waals surface area (Å²) in [7, 11) is -3.97. The molecule has 0 aliphatic carbocycles. The van der Waals surface area contributed by atoms with Crippen molar-refractivity contribution in [3.63, 3.8) is 0 Å². The van der Waals surface area contributed by atoms with E-state index in [-0.39, 0.29) is 5.69 Å². The predicted molar refractivity (Wildman–Crippen MR) is 102 cm³/mol. The van der Waals surface area contributed by atoms with E-state index in [1.54, 1.807) is 12.1 Å². The monoisotopic (exact) mass is 395 g/mol. The Morgan fingerprint density at radius 1 is 1.04 bits per heavy atom. The Morgan fingerprint density at radius 2 is 1.65 bits per heavy atom. The average Bonchev–Trinajstić information content (AvgIpc) is 2.52. The number of anilines is 2. The first-order chi connectivity index (χ1) is 12.1. The van der Waals surface area contributed by atoms with E-state index >= 15 is 0 Å². The molecular formula is C17H18ClN3O4S. The van der Waals surface area contributed by atoms with Crippen molar-refractivity contribution in [1.29, 1.82) is 0 Å². The quantitative estimate of drug-likeness (QED) is 0.828. The zero-order valence-electron chi connectivity index (χ0n) is 14.4. The van der Waals surface area contributed by atoms with E-state index < -0.39 is 22.1 Å². The van der Waals surface area contributed by atoms with Gasteiger partial charge in [-0.05, 0) is 55.3 Å². The number of rotatable bonds is 3. The fourth-order valence-corrected chi connectivity index (χ4v) is 3.20. The highest BCUT2D eigenvalue weighted by atomic mass is 35.5. The molecule has 0 unspecified atom stereocenters. The van der Waals surface area contributed by atoms with Crippen LogP contribution in [-0.2, 0) is 10.0 Å². The molecule has 2 rings (SSSR count). The van der Waals surface area contributed by atoms with Gasteiger partial charge in [0.05, 0.1) is 11.9 Å². The number of sulfonamides is 1. The van der Waals surface area contributed by atoms with Gasteiger partial charge in [0.25, 0.3) is 0 Å². The fourth-order valence-electron chi connectivity index (χ4n) is 2.22. The summed E-state index contributed by atoms with van der Waals surface area (Å²) in [6, 6.07) is 9.00. The van der Waals surface area contributed by atoms with Crippen molar-refractivity contribution >= 4 is 45.1 Å². The number of imide groups is 1. The van der Waals surface area contributed by atoms with Crippen molar-refractivity contribution in [3.8, 4) is 0 Å². The van der Waals surface area contributed by atoms with Crippen LogP contribution in [0.5, 0.6) is 0 Å². The molecular weight excluding hydrogens is 378 g/mol. The third-order valence-corrected chi connectivity index (χ3v) is 4.94. The number of carbonyl (C=O) groups is 2. The highest BCUT2D eigenvalue weighted by molar-refractivity contribution is 7.92. The molecule has 2 aromatic rings.